The lowest BCUT2D eigenvalue weighted by molar-refractivity contribution is 0.668. The Kier molecular flexibility index (Phi) is 6.05. The van der Waals surface area contributed by atoms with Gasteiger partial charge in [-0.3, -0.25) is 0 Å². The summed E-state index contributed by atoms with van der Waals surface area (Å²) in [7, 11) is 0. The van der Waals surface area contributed by atoms with Crippen LogP contribution in [-0.4, -0.2) is 15.0 Å². The van der Waals surface area contributed by atoms with Crippen molar-refractivity contribution < 1.29 is 8.83 Å². The van der Waals surface area contributed by atoms with Gasteiger partial charge in [0.2, 0.25) is 0 Å². The molecule has 0 aliphatic heterocycles. The smallest absolute Gasteiger partial charge is 0.164 e. The zero-order valence-electron chi connectivity index (χ0n) is 27.0. The zero-order chi connectivity index (χ0) is 33.5. The van der Waals surface area contributed by atoms with Crippen molar-refractivity contribution in [2.45, 2.75) is 0 Å². The largest absolute Gasteiger partial charge is 0.456 e. The van der Waals surface area contributed by atoms with Crippen molar-refractivity contribution in [1.82, 2.24) is 15.0 Å². The highest BCUT2D eigenvalue weighted by molar-refractivity contribution is 7.25. The number of aromatic nitrogens is 3. The van der Waals surface area contributed by atoms with Gasteiger partial charge in [-0.1, -0.05) is 97.1 Å². The van der Waals surface area contributed by atoms with Crippen LogP contribution in [0.5, 0.6) is 0 Å². The normalized spacial score (nSPS) is 11.9. The Morgan fingerprint density at radius 1 is 0.314 bits per heavy atom. The van der Waals surface area contributed by atoms with Crippen LogP contribution in [0, 0.1) is 0 Å². The molecule has 0 bridgehead atoms. The lowest BCUT2D eigenvalue weighted by atomic mass is 10.0. The molecule has 238 valence electrons. The Morgan fingerprint density at radius 2 is 0.824 bits per heavy atom. The molecular formula is C45H25N3O2S. The van der Waals surface area contributed by atoms with Gasteiger partial charge < -0.3 is 8.83 Å². The van der Waals surface area contributed by atoms with Gasteiger partial charge in [-0.05, 0) is 65.7 Å². The van der Waals surface area contributed by atoms with E-state index in [2.05, 4.69) is 97.1 Å². The summed E-state index contributed by atoms with van der Waals surface area (Å²) in [6.45, 7) is 0. The first kappa shape index (κ1) is 28.2. The second-order valence-corrected chi connectivity index (χ2v) is 13.9. The van der Waals surface area contributed by atoms with Gasteiger partial charge in [-0.2, -0.15) is 0 Å². The summed E-state index contributed by atoms with van der Waals surface area (Å²) in [4.78, 5) is 15.0. The van der Waals surface area contributed by atoms with Gasteiger partial charge in [0.05, 0.1) is 0 Å². The molecule has 0 saturated heterocycles. The molecule has 0 amide bonds. The van der Waals surface area contributed by atoms with Crippen molar-refractivity contribution in [2.75, 3.05) is 0 Å². The number of para-hydroxylation sites is 1. The molecule has 0 aliphatic rings. The van der Waals surface area contributed by atoms with Crippen LogP contribution in [0.15, 0.2) is 160 Å². The minimum Gasteiger partial charge on any atom is -0.456 e. The predicted molar refractivity (Wildman–Crippen MR) is 209 cm³/mol. The summed E-state index contributed by atoms with van der Waals surface area (Å²) in [5.41, 5.74) is 8.40. The lowest BCUT2D eigenvalue weighted by Crippen LogP contribution is -2.00. The Labute approximate surface area is 295 Å². The minimum absolute atomic E-state index is 0.596. The Balaban J connectivity index is 1.02. The fraction of sp³-hybridized carbons (Fsp3) is 0. The molecule has 0 unspecified atom stereocenters. The molecule has 7 aromatic carbocycles. The molecule has 6 heteroatoms. The number of hydrogen-bond acceptors (Lipinski definition) is 6. The molecule has 0 N–H and O–H groups in total. The summed E-state index contributed by atoms with van der Waals surface area (Å²) < 4.78 is 15.0. The molecule has 11 rings (SSSR count). The maximum absolute atomic E-state index is 6.44. The highest BCUT2D eigenvalue weighted by atomic mass is 32.1. The van der Waals surface area contributed by atoms with Crippen LogP contribution in [0.1, 0.15) is 0 Å². The van der Waals surface area contributed by atoms with Crippen LogP contribution in [0.25, 0.3) is 109 Å². The molecule has 0 atom stereocenters. The monoisotopic (exact) mass is 671 g/mol. The van der Waals surface area contributed by atoms with E-state index in [1.165, 1.54) is 20.2 Å². The average Bonchev–Trinajstić information content (AvgIpc) is 3.88. The second-order valence-electron chi connectivity index (χ2n) is 12.8. The van der Waals surface area contributed by atoms with Gasteiger partial charge in [0, 0.05) is 58.4 Å². The Bertz CT molecular complexity index is 3160. The molecule has 5 nitrogen and oxygen atoms in total. The maximum atomic E-state index is 6.44. The first-order chi connectivity index (χ1) is 25.2. The summed E-state index contributed by atoms with van der Waals surface area (Å²) in [5, 5.41) is 6.84. The zero-order valence-corrected chi connectivity index (χ0v) is 27.8. The number of rotatable bonds is 4. The van der Waals surface area contributed by atoms with Gasteiger partial charge in [-0.25, -0.2) is 15.0 Å². The molecular weight excluding hydrogens is 647 g/mol. The quantitative estimate of drug-likeness (QED) is 0.186. The van der Waals surface area contributed by atoms with Crippen LogP contribution in [0.4, 0.5) is 0 Å². The summed E-state index contributed by atoms with van der Waals surface area (Å²) in [6.07, 6.45) is 0. The second kappa shape index (κ2) is 10.9. The van der Waals surface area contributed by atoms with Crippen LogP contribution in [0.3, 0.4) is 0 Å². The van der Waals surface area contributed by atoms with E-state index in [1.807, 2.05) is 54.6 Å². The van der Waals surface area contributed by atoms with Crippen molar-refractivity contribution >= 4 is 75.4 Å². The van der Waals surface area contributed by atoms with E-state index in [0.717, 1.165) is 71.7 Å². The van der Waals surface area contributed by atoms with Crippen LogP contribution >= 0.6 is 11.3 Å². The molecule has 4 heterocycles. The average molecular weight is 672 g/mol. The molecule has 0 saturated carbocycles. The third kappa shape index (κ3) is 4.58. The van der Waals surface area contributed by atoms with Crippen molar-refractivity contribution in [3.05, 3.63) is 152 Å². The molecule has 4 aromatic heterocycles. The van der Waals surface area contributed by atoms with Crippen LogP contribution in [0.2, 0.25) is 0 Å². The molecule has 0 radical (unpaired) electrons. The third-order valence-electron chi connectivity index (χ3n) is 9.74. The third-order valence-corrected chi connectivity index (χ3v) is 10.9. The number of fused-ring (bicyclic) bond motifs is 9. The molecule has 51 heavy (non-hydrogen) atoms. The standard InChI is InChI=1S/C45H25N3O2S/c1-2-8-26(9-3-1)43-46-44(48-45(47-43)30-15-19-34-33-11-5-7-13-41(33)51-42(34)25-30)29-14-18-32-36-23-28(17-21-39(36)50-40(32)24-29)27-16-20-38-35(22-27)31-10-4-6-12-37(31)49-38/h1-25H. The van der Waals surface area contributed by atoms with E-state index in [-0.39, 0.29) is 0 Å². The topological polar surface area (TPSA) is 65.0 Å². The first-order valence-corrected chi connectivity index (χ1v) is 17.7. The van der Waals surface area contributed by atoms with Gasteiger partial charge >= 0.3 is 0 Å². The molecule has 0 fully saturated rings. The van der Waals surface area contributed by atoms with Crippen molar-refractivity contribution in [2.24, 2.45) is 0 Å². The summed E-state index contributed by atoms with van der Waals surface area (Å²) in [5.74, 6) is 1.86. The van der Waals surface area contributed by atoms with Gasteiger partial charge in [0.15, 0.2) is 17.5 Å². The number of hydrogen-bond donors (Lipinski definition) is 0. The first-order valence-electron chi connectivity index (χ1n) is 16.8. The fourth-order valence-corrected chi connectivity index (χ4v) is 8.36. The lowest BCUT2D eigenvalue weighted by Gasteiger charge is -2.08. The van der Waals surface area contributed by atoms with Gasteiger partial charge in [0.1, 0.15) is 22.3 Å². The number of thiophene rings is 1. The molecule has 11 aromatic rings. The summed E-state index contributed by atoms with van der Waals surface area (Å²) >= 11 is 1.79. The Hall–Kier alpha value is -6.63. The maximum Gasteiger partial charge on any atom is 0.164 e. The van der Waals surface area contributed by atoms with Crippen molar-refractivity contribution in [1.29, 1.82) is 0 Å². The van der Waals surface area contributed by atoms with E-state index in [1.54, 1.807) is 11.3 Å². The highest BCUT2D eigenvalue weighted by Crippen LogP contribution is 2.39. The predicted octanol–water partition coefficient (Wildman–Crippen LogP) is 12.7. The number of furan rings is 2. The van der Waals surface area contributed by atoms with Crippen LogP contribution < -0.4 is 0 Å². The van der Waals surface area contributed by atoms with Gasteiger partial charge in [0.25, 0.3) is 0 Å². The number of benzene rings is 7. The summed E-state index contributed by atoms with van der Waals surface area (Å²) in [6, 6.07) is 52.3. The van der Waals surface area contributed by atoms with E-state index in [4.69, 9.17) is 23.8 Å². The highest BCUT2D eigenvalue weighted by Gasteiger charge is 2.17. The SMILES string of the molecule is c1ccc(-c2nc(-c3ccc4c(c3)oc3ccc(-c5ccc6oc7ccccc7c6c5)cc34)nc(-c3ccc4c(c3)sc3ccccc34)n2)cc1. The van der Waals surface area contributed by atoms with Crippen LogP contribution in [-0.2, 0) is 0 Å². The van der Waals surface area contributed by atoms with E-state index >= 15 is 0 Å². The minimum atomic E-state index is 0.596. The van der Waals surface area contributed by atoms with E-state index < -0.39 is 0 Å². The molecule has 0 spiro atoms. The van der Waals surface area contributed by atoms with Crippen molar-refractivity contribution in [3.8, 4) is 45.3 Å². The van der Waals surface area contributed by atoms with E-state index in [0.29, 0.717) is 17.5 Å². The van der Waals surface area contributed by atoms with Crippen molar-refractivity contribution in [3.63, 3.8) is 0 Å². The van der Waals surface area contributed by atoms with Gasteiger partial charge in [-0.15, -0.1) is 11.3 Å². The molecule has 0 aliphatic carbocycles. The van der Waals surface area contributed by atoms with E-state index in [9.17, 15) is 0 Å². The number of nitrogens with zero attached hydrogens (tertiary/aromatic N) is 3. The fourth-order valence-electron chi connectivity index (χ4n) is 7.22. The Morgan fingerprint density at radius 3 is 1.57 bits per heavy atom.